The summed E-state index contributed by atoms with van der Waals surface area (Å²) in [6.07, 6.45) is -1.02. The Labute approximate surface area is 232 Å². The third-order valence-electron chi connectivity index (χ3n) is 7.63. The third kappa shape index (κ3) is 6.37. The summed E-state index contributed by atoms with van der Waals surface area (Å²) in [5.74, 6) is -1.22. The number of halogens is 3. The molecule has 2 N–H and O–H groups in total. The minimum Gasteiger partial charge on any atom is -0.481 e. The first-order valence-electron chi connectivity index (χ1n) is 13.2. The summed E-state index contributed by atoms with van der Waals surface area (Å²) in [7, 11) is 0. The van der Waals surface area contributed by atoms with Gasteiger partial charge in [-0.1, -0.05) is 45.5 Å². The topological polar surface area (TPSA) is 99.1 Å². The molecule has 7 nitrogen and oxygen atoms in total. The molecule has 1 saturated carbocycles. The Morgan fingerprint density at radius 2 is 1.70 bits per heavy atom. The number of hydrogen-bond donors (Lipinski definition) is 2. The van der Waals surface area contributed by atoms with Crippen LogP contribution in [0.25, 0.3) is 0 Å². The number of aliphatic imine (C=N–C) groups is 1. The summed E-state index contributed by atoms with van der Waals surface area (Å²) < 4.78 is 39.3. The number of alkyl halides is 3. The quantitative estimate of drug-likeness (QED) is 0.400. The molecule has 2 aromatic rings. The second kappa shape index (κ2) is 12.2. The van der Waals surface area contributed by atoms with Crippen molar-refractivity contribution < 1.29 is 32.7 Å². The lowest BCUT2D eigenvalue weighted by molar-refractivity contribution is -0.138. The average molecular weight is 560 g/mol. The zero-order valence-corrected chi connectivity index (χ0v) is 21.9. The number of benzene rings is 2. The Bertz CT molecular complexity index is 1250. The van der Waals surface area contributed by atoms with Crippen LogP contribution in [-0.2, 0) is 15.8 Å². The van der Waals surface area contributed by atoms with Gasteiger partial charge in [0.1, 0.15) is 11.4 Å². The van der Waals surface area contributed by atoms with Gasteiger partial charge in [-0.05, 0) is 67.9 Å². The van der Waals surface area contributed by atoms with Crippen molar-refractivity contribution in [1.29, 1.82) is 0 Å². The number of aliphatic carboxylic acids is 1. The van der Waals surface area contributed by atoms with E-state index in [1.807, 2.05) is 6.92 Å². The van der Waals surface area contributed by atoms with E-state index in [-0.39, 0.29) is 38.1 Å². The van der Waals surface area contributed by atoms with Crippen LogP contribution >= 0.6 is 0 Å². The number of carbonyl (C=O) groups is 3. The Hall–Kier alpha value is -3.69. The molecule has 0 radical (unpaired) electrons. The molecular weight excluding hydrogens is 523 g/mol. The smallest absolute Gasteiger partial charge is 0.416 e. The van der Waals surface area contributed by atoms with E-state index in [1.165, 1.54) is 12.1 Å². The SMILES string of the molecule is C.CC[C@H](c1ccc(C(=O)NCCC(=O)O)cc1)N1C(=O)C(c2ccc(C(F)(F)F)cc2)=NC12CCC(C)CC2. The van der Waals surface area contributed by atoms with Crippen LogP contribution in [0, 0.1) is 5.92 Å². The van der Waals surface area contributed by atoms with Crippen LogP contribution in [0.15, 0.2) is 53.5 Å². The predicted molar refractivity (Wildman–Crippen MR) is 146 cm³/mol. The van der Waals surface area contributed by atoms with E-state index in [4.69, 9.17) is 10.1 Å². The maximum Gasteiger partial charge on any atom is 0.416 e. The molecular formula is C30H36F3N3O4. The lowest BCUT2D eigenvalue weighted by Gasteiger charge is -2.44. The van der Waals surface area contributed by atoms with Gasteiger partial charge in [0.2, 0.25) is 0 Å². The molecule has 2 amide bonds. The molecule has 1 aliphatic heterocycles. The highest BCUT2D eigenvalue weighted by Crippen LogP contribution is 2.46. The molecule has 2 aromatic carbocycles. The number of carboxylic acid groups (broad SMARTS) is 1. The fraction of sp³-hybridized carbons (Fsp3) is 0.467. The molecule has 0 aromatic heterocycles. The summed E-state index contributed by atoms with van der Waals surface area (Å²) in [6.45, 7) is 4.13. The second-order valence-corrected chi connectivity index (χ2v) is 10.3. The fourth-order valence-electron chi connectivity index (χ4n) is 5.44. The van der Waals surface area contributed by atoms with Crippen LogP contribution in [0.1, 0.15) is 92.9 Å². The summed E-state index contributed by atoms with van der Waals surface area (Å²) >= 11 is 0. The van der Waals surface area contributed by atoms with Crippen molar-refractivity contribution in [3.05, 3.63) is 70.8 Å². The molecule has 1 aliphatic carbocycles. The maximum absolute atomic E-state index is 13.9. The number of nitrogens with one attached hydrogen (secondary N) is 1. The number of amides is 2. The van der Waals surface area contributed by atoms with Crippen LogP contribution in [0.3, 0.4) is 0 Å². The monoisotopic (exact) mass is 559 g/mol. The van der Waals surface area contributed by atoms with Gasteiger partial charge in [0.25, 0.3) is 11.8 Å². The maximum atomic E-state index is 13.9. The van der Waals surface area contributed by atoms with Gasteiger partial charge in [-0.3, -0.25) is 19.4 Å². The predicted octanol–water partition coefficient (Wildman–Crippen LogP) is 6.24. The van der Waals surface area contributed by atoms with E-state index in [1.54, 1.807) is 29.2 Å². The molecule has 0 unspecified atom stereocenters. The minimum atomic E-state index is -4.47. The van der Waals surface area contributed by atoms with Crippen LogP contribution in [0.4, 0.5) is 13.2 Å². The van der Waals surface area contributed by atoms with Gasteiger partial charge >= 0.3 is 12.1 Å². The summed E-state index contributed by atoms with van der Waals surface area (Å²) in [6, 6.07) is 11.0. The van der Waals surface area contributed by atoms with Crippen molar-refractivity contribution in [2.45, 2.75) is 77.7 Å². The molecule has 40 heavy (non-hydrogen) atoms. The van der Waals surface area contributed by atoms with E-state index in [9.17, 15) is 27.6 Å². The molecule has 1 spiro atoms. The van der Waals surface area contributed by atoms with E-state index >= 15 is 0 Å². The Balaban J connectivity index is 0.00000441. The highest BCUT2D eigenvalue weighted by atomic mass is 19.4. The van der Waals surface area contributed by atoms with Gasteiger partial charge in [-0.2, -0.15) is 13.2 Å². The highest BCUT2D eigenvalue weighted by molar-refractivity contribution is 6.46. The zero-order chi connectivity index (χ0) is 28.4. The molecule has 1 atom stereocenters. The summed E-state index contributed by atoms with van der Waals surface area (Å²) in [5.41, 5.74) is 0.149. The van der Waals surface area contributed by atoms with Gasteiger partial charge in [0.15, 0.2) is 0 Å². The molecule has 1 heterocycles. The summed E-state index contributed by atoms with van der Waals surface area (Å²) in [4.78, 5) is 43.7. The summed E-state index contributed by atoms with van der Waals surface area (Å²) in [5, 5.41) is 11.3. The molecule has 216 valence electrons. The van der Waals surface area contributed by atoms with Crippen molar-refractivity contribution in [2.75, 3.05) is 6.54 Å². The van der Waals surface area contributed by atoms with Crippen LogP contribution in [0.5, 0.6) is 0 Å². The van der Waals surface area contributed by atoms with E-state index in [2.05, 4.69) is 12.2 Å². The fourth-order valence-corrected chi connectivity index (χ4v) is 5.44. The normalized spacial score (nSPS) is 21.5. The first kappa shape index (κ1) is 30.8. The van der Waals surface area contributed by atoms with E-state index in [0.717, 1.165) is 30.5 Å². The van der Waals surface area contributed by atoms with Gasteiger partial charge < -0.3 is 15.3 Å². The zero-order valence-electron chi connectivity index (χ0n) is 21.9. The lowest BCUT2D eigenvalue weighted by Crippen LogP contribution is -2.50. The molecule has 0 saturated heterocycles. The minimum absolute atomic E-state index is 0. The lowest BCUT2D eigenvalue weighted by atomic mass is 9.81. The van der Waals surface area contributed by atoms with Crippen molar-refractivity contribution >= 4 is 23.5 Å². The van der Waals surface area contributed by atoms with Crippen molar-refractivity contribution in [3.63, 3.8) is 0 Å². The number of hydrogen-bond acceptors (Lipinski definition) is 4. The van der Waals surface area contributed by atoms with Gasteiger partial charge in [0, 0.05) is 17.7 Å². The largest absolute Gasteiger partial charge is 0.481 e. The van der Waals surface area contributed by atoms with E-state index in [0.29, 0.717) is 36.3 Å². The number of nitrogens with zero attached hydrogens (tertiary/aromatic N) is 2. The molecule has 4 rings (SSSR count). The Kier molecular flexibility index (Phi) is 9.43. The van der Waals surface area contributed by atoms with Gasteiger partial charge in [-0.25, -0.2) is 0 Å². The standard InChI is InChI=1S/C29H32F3N3O4.CH4/c1-3-23(19-4-6-21(7-5-19)26(38)33-17-14-24(36)37)35-27(39)25(34-28(35)15-12-18(2)13-16-28)20-8-10-22(11-9-20)29(30,31)32;/h4-11,18,23H,3,12-17H2,1-2H3,(H,33,38)(H,36,37);1H4/t18?,23-,28?;/m1./s1. The van der Waals surface area contributed by atoms with Gasteiger partial charge in [0.05, 0.1) is 18.0 Å². The Morgan fingerprint density at radius 1 is 1.10 bits per heavy atom. The average Bonchev–Trinajstić information content (AvgIpc) is 3.18. The van der Waals surface area contributed by atoms with E-state index < -0.39 is 29.3 Å². The molecule has 1 fully saturated rings. The van der Waals surface area contributed by atoms with Gasteiger partial charge in [-0.15, -0.1) is 0 Å². The second-order valence-electron chi connectivity index (χ2n) is 10.3. The number of carbonyl (C=O) groups excluding carboxylic acids is 2. The third-order valence-corrected chi connectivity index (χ3v) is 7.63. The molecule has 10 heteroatoms. The number of carboxylic acids is 1. The molecule has 0 bridgehead atoms. The van der Waals surface area contributed by atoms with Crippen LogP contribution < -0.4 is 5.32 Å². The number of rotatable bonds is 8. The van der Waals surface area contributed by atoms with Crippen LogP contribution in [-0.4, -0.2) is 45.7 Å². The van der Waals surface area contributed by atoms with Crippen molar-refractivity contribution in [1.82, 2.24) is 10.2 Å². The van der Waals surface area contributed by atoms with Crippen LogP contribution in [0.2, 0.25) is 0 Å². The first-order chi connectivity index (χ1) is 18.4. The molecule has 2 aliphatic rings. The first-order valence-corrected chi connectivity index (χ1v) is 13.2. The highest BCUT2D eigenvalue weighted by Gasteiger charge is 2.51. The van der Waals surface area contributed by atoms with Crippen molar-refractivity contribution in [2.24, 2.45) is 10.9 Å². The van der Waals surface area contributed by atoms with Crippen molar-refractivity contribution in [3.8, 4) is 0 Å². The Morgan fingerprint density at radius 3 is 2.23 bits per heavy atom.